The van der Waals surface area contributed by atoms with E-state index in [1.165, 1.54) is 4.57 Å². The molecule has 2 aliphatic rings. The van der Waals surface area contributed by atoms with E-state index >= 15 is 0 Å². The quantitative estimate of drug-likeness (QED) is 0.487. The number of hydrogen-bond acceptors (Lipinski definition) is 8. The van der Waals surface area contributed by atoms with Crippen LogP contribution in [0.15, 0.2) is 34.1 Å². The van der Waals surface area contributed by atoms with E-state index < -0.39 is 11.2 Å². The van der Waals surface area contributed by atoms with Crippen LogP contribution in [-0.2, 0) is 20.8 Å². The average Bonchev–Trinajstić information content (AvgIpc) is 3.14. The number of pyridine rings is 1. The van der Waals surface area contributed by atoms with Crippen molar-refractivity contribution in [2.75, 3.05) is 18.4 Å². The predicted molar refractivity (Wildman–Crippen MR) is 148 cm³/mol. The van der Waals surface area contributed by atoms with Crippen LogP contribution in [0, 0.1) is 0 Å². The van der Waals surface area contributed by atoms with Crippen LogP contribution in [0.1, 0.15) is 54.4 Å². The summed E-state index contributed by atoms with van der Waals surface area (Å²) >= 11 is 0. The molecule has 2 unspecified atom stereocenters. The molecule has 0 saturated carbocycles. The standard InChI is InChI=1S/C29H36N4O6/c1-28(2,3)38-22(34)8-7-13-33-25(35)16-9-11-18-24-19(12-10-17(23(16)24)26(33)36)31-21-15-32(14-20(21)30-18)27(37)39-29(4,5)6/h9-12,20-21,30,36H,7-8,13-15H2,1-6H3. The van der Waals surface area contributed by atoms with Crippen molar-refractivity contribution in [2.45, 2.75) is 84.2 Å². The number of hydrogen-bond donors (Lipinski definition) is 2. The van der Waals surface area contributed by atoms with E-state index in [0.29, 0.717) is 41.0 Å². The third-order valence-corrected chi connectivity index (χ3v) is 6.88. The Morgan fingerprint density at radius 2 is 1.69 bits per heavy atom. The van der Waals surface area contributed by atoms with E-state index in [2.05, 4.69) is 5.32 Å². The summed E-state index contributed by atoms with van der Waals surface area (Å²) < 4.78 is 12.2. The molecule has 2 aromatic carbocycles. The van der Waals surface area contributed by atoms with Crippen LogP contribution in [0.3, 0.4) is 0 Å². The Labute approximate surface area is 226 Å². The van der Waals surface area contributed by atoms with E-state index in [1.807, 2.05) is 32.9 Å². The number of esters is 1. The highest BCUT2D eigenvalue weighted by molar-refractivity contribution is 6.15. The summed E-state index contributed by atoms with van der Waals surface area (Å²) in [5.41, 5.74) is -0.689. The molecule has 5 rings (SSSR count). The lowest BCUT2D eigenvalue weighted by atomic mass is 10.00. The Kier molecular flexibility index (Phi) is 6.47. The second kappa shape index (κ2) is 9.43. The summed E-state index contributed by atoms with van der Waals surface area (Å²) in [6, 6.07) is 6.92. The minimum Gasteiger partial charge on any atom is -0.494 e. The van der Waals surface area contributed by atoms with Gasteiger partial charge in [-0.15, -0.1) is 0 Å². The number of ether oxygens (including phenoxy) is 2. The Balaban J connectivity index is 1.48. The van der Waals surface area contributed by atoms with Crippen LogP contribution in [-0.4, -0.2) is 63.0 Å². The van der Waals surface area contributed by atoms with Gasteiger partial charge in [-0.3, -0.25) is 19.1 Å². The van der Waals surface area contributed by atoms with Gasteiger partial charge in [-0.2, -0.15) is 0 Å². The van der Waals surface area contributed by atoms with Gasteiger partial charge in [0.15, 0.2) is 0 Å². The van der Waals surface area contributed by atoms with Crippen LogP contribution in [0.2, 0.25) is 0 Å². The van der Waals surface area contributed by atoms with E-state index in [-0.39, 0.29) is 48.6 Å². The molecular formula is C29H36N4O6. The van der Waals surface area contributed by atoms with Crippen molar-refractivity contribution in [3.8, 4) is 5.88 Å². The molecule has 2 atom stereocenters. The highest BCUT2D eigenvalue weighted by Crippen LogP contribution is 2.35. The summed E-state index contributed by atoms with van der Waals surface area (Å²) in [5.74, 6) is -0.481. The number of fused-ring (bicyclic) bond motifs is 1. The number of rotatable bonds is 4. The topological polar surface area (TPSA) is 122 Å². The smallest absolute Gasteiger partial charge is 0.410 e. The zero-order valence-corrected chi connectivity index (χ0v) is 23.3. The molecule has 1 aromatic heterocycles. The molecule has 1 fully saturated rings. The number of nitrogens with one attached hydrogen (secondary N) is 1. The second-order valence-electron chi connectivity index (χ2n) is 12.3. The minimum atomic E-state index is -0.584. The Morgan fingerprint density at radius 1 is 1.00 bits per heavy atom. The molecule has 0 bridgehead atoms. The number of nitrogens with zero attached hydrogens (tertiary/aromatic N) is 3. The number of benzene rings is 2. The maximum Gasteiger partial charge on any atom is 0.410 e. The van der Waals surface area contributed by atoms with Gasteiger partial charge in [0, 0.05) is 53.3 Å². The summed E-state index contributed by atoms with van der Waals surface area (Å²) in [4.78, 5) is 44.9. The molecular weight excluding hydrogens is 500 g/mol. The van der Waals surface area contributed by atoms with Crippen molar-refractivity contribution in [1.82, 2.24) is 9.47 Å². The lowest BCUT2D eigenvalue weighted by Crippen LogP contribution is -2.36. The zero-order chi connectivity index (χ0) is 28.3. The number of carbonyl (C=O) groups excluding carboxylic acids is 2. The molecule has 1 amide bonds. The lowest BCUT2D eigenvalue weighted by Gasteiger charge is -2.24. The second-order valence-corrected chi connectivity index (χ2v) is 12.3. The first-order chi connectivity index (χ1) is 18.2. The van der Waals surface area contributed by atoms with E-state index in [4.69, 9.17) is 14.5 Å². The van der Waals surface area contributed by atoms with E-state index in [1.54, 1.807) is 37.8 Å². The third kappa shape index (κ3) is 5.24. The molecule has 0 spiro atoms. The van der Waals surface area contributed by atoms with Gasteiger partial charge >= 0.3 is 12.1 Å². The summed E-state index contributed by atoms with van der Waals surface area (Å²) in [5, 5.41) is 17.8. The van der Waals surface area contributed by atoms with Crippen molar-refractivity contribution >= 4 is 39.3 Å². The average molecular weight is 537 g/mol. The zero-order valence-electron chi connectivity index (χ0n) is 23.3. The van der Waals surface area contributed by atoms with Gasteiger partial charge in [0.2, 0.25) is 5.88 Å². The number of aromatic nitrogens is 1. The van der Waals surface area contributed by atoms with Gasteiger partial charge in [0.05, 0.1) is 17.4 Å². The van der Waals surface area contributed by atoms with E-state index in [9.17, 15) is 19.5 Å². The Morgan fingerprint density at radius 3 is 2.38 bits per heavy atom. The number of aromatic hydroxyl groups is 1. The number of anilines is 1. The van der Waals surface area contributed by atoms with Gasteiger partial charge in [-0.05, 0) is 72.2 Å². The highest BCUT2D eigenvalue weighted by Gasteiger charge is 2.38. The first-order valence-corrected chi connectivity index (χ1v) is 13.4. The van der Waals surface area contributed by atoms with Crippen molar-refractivity contribution in [3.05, 3.63) is 40.0 Å². The first kappa shape index (κ1) is 26.8. The third-order valence-electron chi connectivity index (χ3n) is 6.88. The molecule has 0 radical (unpaired) electrons. The molecule has 10 heteroatoms. The van der Waals surface area contributed by atoms with Crippen molar-refractivity contribution in [1.29, 1.82) is 0 Å². The maximum absolute atomic E-state index is 13.5. The molecule has 3 aromatic rings. The molecule has 39 heavy (non-hydrogen) atoms. The van der Waals surface area contributed by atoms with E-state index in [0.717, 1.165) is 11.1 Å². The largest absolute Gasteiger partial charge is 0.494 e. The van der Waals surface area contributed by atoms with Gasteiger partial charge in [0.25, 0.3) is 5.56 Å². The minimum absolute atomic E-state index is 0.122. The summed E-state index contributed by atoms with van der Waals surface area (Å²) in [6.07, 6.45) is 0.128. The fourth-order valence-corrected chi connectivity index (χ4v) is 5.35. The fraction of sp³-hybridized carbons (Fsp3) is 0.517. The molecule has 1 saturated heterocycles. The molecule has 2 aliphatic heterocycles. The molecule has 10 nitrogen and oxygen atoms in total. The Bertz CT molecular complexity index is 1580. The van der Waals surface area contributed by atoms with Gasteiger partial charge in [-0.25, -0.2) is 4.79 Å². The first-order valence-electron chi connectivity index (χ1n) is 13.4. The van der Waals surface area contributed by atoms with Crippen molar-refractivity contribution in [3.63, 3.8) is 0 Å². The highest BCUT2D eigenvalue weighted by atomic mass is 16.6. The fourth-order valence-electron chi connectivity index (χ4n) is 5.35. The van der Waals surface area contributed by atoms with Gasteiger partial charge in [-0.1, -0.05) is 0 Å². The predicted octanol–water partition coefficient (Wildman–Crippen LogP) is 3.73. The van der Waals surface area contributed by atoms with Crippen molar-refractivity contribution in [2.24, 2.45) is 4.99 Å². The normalized spacial score (nSPS) is 18.9. The van der Waals surface area contributed by atoms with Crippen LogP contribution < -0.4 is 16.2 Å². The molecule has 0 aliphatic carbocycles. The van der Waals surface area contributed by atoms with Crippen LogP contribution >= 0.6 is 0 Å². The van der Waals surface area contributed by atoms with Crippen molar-refractivity contribution < 1.29 is 24.2 Å². The lowest BCUT2D eigenvalue weighted by molar-refractivity contribution is -0.154. The Hall–Kier alpha value is -3.82. The van der Waals surface area contributed by atoms with Gasteiger partial charge in [0.1, 0.15) is 11.2 Å². The van der Waals surface area contributed by atoms with Crippen LogP contribution in [0.5, 0.6) is 5.88 Å². The molecule has 208 valence electrons. The molecule has 3 heterocycles. The monoisotopic (exact) mass is 536 g/mol. The summed E-state index contributed by atoms with van der Waals surface area (Å²) in [7, 11) is 0. The number of amides is 1. The van der Waals surface area contributed by atoms with Crippen LogP contribution in [0.25, 0.3) is 21.5 Å². The SMILES string of the molecule is CC(C)(C)OC(=O)CCCn1c(O)c2ccc3c4c(ccc(c1=O)c24)NC1CN(C(=O)OC(C)(C)C)CC1N=3. The maximum atomic E-state index is 13.5. The number of likely N-dealkylation sites (tertiary alicyclic amines) is 1. The van der Waals surface area contributed by atoms with Gasteiger partial charge < -0.3 is 24.8 Å². The summed E-state index contributed by atoms with van der Waals surface area (Å²) in [6.45, 7) is 12.0. The number of carbonyl (C=O) groups is 2. The van der Waals surface area contributed by atoms with Crippen LogP contribution in [0.4, 0.5) is 10.5 Å². The molecule has 2 N–H and O–H groups in total.